The number of carbonyl (C=O) groups excluding carboxylic acids is 2. The topological polar surface area (TPSA) is 87.0 Å². The van der Waals surface area contributed by atoms with E-state index in [1.165, 1.54) is 28.9 Å². The minimum absolute atomic E-state index is 0.0270. The van der Waals surface area contributed by atoms with Crippen molar-refractivity contribution >= 4 is 40.1 Å². The molecule has 7 nitrogen and oxygen atoms in total. The Morgan fingerprint density at radius 3 is 2.55 bits per heavy atom. The Labute approximate surface area is 222 Å². The SMILES string of the molecule is C=CCOC(=O)C1=C(C)N=c2s/c(=C\c3cccc4ccccc34)c(=O)n2[C@H]1c1ccc(OC(C)=O)cc1. The maximum Gasteiger partial charge on any atom is 0.338 e. The third kappa shape index (κ3) is 4.73. The van der Waals surface area contributed by atoms with Gasteiger partial charge in [0, 0.05) is 6.92 Å². The first kappa shape index (κ1) is 25.1. The second kappa shape index (κ2) is 10.4. The predicted octanol–water partition coefficient (Wildman–Crippen LogP) is 4.04. The van der Waals surface area contributed by atoms with Gasteiger partial charge in [0.05, 0.1) is 21.8 Å². The van der Waals surface area contributed by atoms with Gasteiger partial charge in [-0.05, 0) is 47.0 Å². The summed E-state index contributed by atoms with van der Waals surface area (Å²) in [6.07, 6.45) is 3.35. The van der Waals surface area contributed by atoms with Gasteiger partial charge in [-0.2, -0.15) is 0 Å². The Balaban J connectivity index is 1.69. The van der Waals surface area contributed by atoms with Gasteiger partial charge in [0.2, 0.25) is 0 Å². The third-order valence-corrected chi connectivity index (χ3v) is 7.12. The number of hydrogen-bond donors (Lipinski definition) is 0. The minimum Gasteiger partial charge on any atom is -0.458 e. The summed E-state index contributed by atoms with van der Waals surface area (Å²) in [6, 6.07) is 19.9. The van der Waals surface area contributed by atoms with E-state index in [0.29, 0.717) is 26.3 Å². The molecule has 3 aromatic carbocycles. The predicted molar refractivity (Wildman–Crippen MR) is 147 cm³/mol. The molecule has 1 aromatic heterocycles. The summed E-state index contributed by atoms with van der Waals surface area (Å²) in [7, 11) is 0. The van der Waals surface area contributed by atoms with Crippen molar-refractivity contribution in [3.63, 3.8) is 0 Å². The molecule has 0 bridgehead atoms. The minimum atomic E-state index is -0.774. The van der Waals surface area contributed by atoms with E-state index >= 15 is 0 Å². The van der Waals surface area contributed by atoms with Crippen LogP contribution in [0.25, 0.3) is 16.8 Å². The molecule has 0 spiro atoms. The summed E-state index contributed by atoms with van der Waals surface area (Å²) in [5.74, 6) is -0.659. The average Bonchev–Trinajstić information content (AvgIpc) is 3.21. The number of aromatic nitrogens is 1. The summed E-state index contributed by atoms with van der Waals surface area (Å²) in [5.41, 5.74) is 2.02. The highest BCUT2D eigenvalue weighted by Crippen LogP contribution is 2.31. The van der Waals surface area contributed by atoms with E-state index in [1.54, 1.807) is 31.2 Å². The number of ether oxygens (including phenoxy) is 2. The monoisotopic (exact) mass is 524 g/mol. The van der Waals surface area contributed by atoms with E-state index in [-0.39, 0.29) is 17.7 Å². The lowest BCUT2D eigenvalue weighted by Crippen LogP contribution is -2.39. The molecule has 5 rings (SSSR count). The second-order valence-corrected chi connectivity index (χ2v) is 9.71. The molecule has 38 heavy (non-hydrogen) atoms. The smallest absolute Gasteiger partial charge is 0.338 e. The van der Waals surface area contributed by atoms with Gasteiger partial charge in [-0.15, -0.1) is 0 Å². The zero-order valence-electron chi connectivity index (χ0n) is 20.8. The molecule has 0 radical (unpaired) electrons. The van der Waals surface area contributed by atoms with Crippen LogP contribution in [0.2, 0.25) is 0 Å². The van der Waals surface area contributed by atoms with Crippen molar-refractivity contribution < 1.29 is 19.1 Å². The molecule has 2 heterocycles. The van der Waals surface area contributed by atoms with Crippen molar-refractivity contribution in [3.05, 3.63) is 121 Å². The molecule has 0 saturated heterocycles. The van der Waals surface area contributed by atoms with Crippen LogP contribution in [0.4, 0.5) is 0 Å². The van der Waals surface area contributed by atoms with E-state index in [0.717, 1.165) is 16.3 Å². The van der Waals surface area contributed by atoms with Crippen LogP contribution in [0.1, 0.15) is 31.0 Å². The van der Waals surface area contributed by atoms with Crippen LogP contribution in [0.3, 0.4) is 0 Å². The molecule has 4 aromatic rings. The van der Waals surface area contributed by atoms with Crippen molar-refractivity contribution in [1.82, 2.24) is 4.57 Å². The number of hydrogen-bond acceptors (Lipinski definition) is 7. The van der Waals surface area contributed by atoms with Crippen molar-refractivity contribution in [3.8, 4) is 5.75 Å². The summed E-state index contributed by atoms with van der Waals surface area (Å²) >= 11 is 1.27. The van der Waals surface area contributed by atoms with Gasteiger partial charge < -0.3 is 9.47 Å². The van der Waals surface area contributed by atoms with E-state index < -0.39 is 18.0 Å². The molecule has 0 unspecified atom stereocenters. The standard InChI is InChI=1S/C30H24N2O5S/c1-4-16-36-29(35)26-18(2)31-30-32(27(26)21-12-14-23(15-13-21)37-19(3)33)28(34)25(38-30)17-22-10-7-9-20-8-5-6-11-24(20)22/h4-15,17,27H,1,16H2,2-3H3/b25-17-/t27-/m0/s1. The van der Waals surface area contributed by atoms with Gasteiger partial charge in [-0.25, -0.2) is 9.79 Å². The van der Waals surface area contributed by atoms with Crippen LogP contribution in [0.5, 0.6) is 5.75 Å². The summed E-state index contributed by atoms with van der Waals surface area (Å²) < 4.78 is 12.6. The van der Waals surface area contributed by atoms with Gasteiger partial charge in [0.15, 0.2) is 4.80 Å². The molecule has 8 heteroatoms. The second-order valence-electron chi connectivity index (χ2n) is 8.70. The zero-order chi connectivity index (χ0) is 26.8. The number of rotatable bonds is 6. The molecular weight excluding hydrogens is 500 g/mol. The first-order valence-corrected chi connectivity index (χ1v) is 12.8. The maximum absolute atomic E-state index is 13.9. The highest BCUT2D eigenvalue weighted by Gasteiger charge is 2.33. The lowest BCUT2D eigenvalue weighted by atomic mass is 9.96. The number of esters is 2. The molecule has 0 aliphatic carbocycles. The Hall–Kier alpha value is -4.56. The van der Waals surface area contributed by atoms with Crippen LogP contribution in [-0.4, -0.2) is 23.1 Å². The van der Waals surface area contributed by atoms with Crippen LogP contribution < -0.4 is 19.6 Å². The first-order chi connectivity index (χ1) is 18.4. The number of thiazole rings is 1. The van der Waals surface area contributed by atoms with Crippen LogP contribution in [0.15, 0.2) is 100 Å². The van der Waals surface area contributed by atoms with Gasteiger partial charge in [-0.3, -0.25) is 14.2 Å². The number of nitrogens with zero attached hydrogens (tertiary/aromatic N) is 2. The van der Waals surface area contributed by atoms with Crippen molar-refractivity contribution in [2.24, 2.45) is 4.99 Å². The fourth-order valence-corrected chi connectivity index (χ4v) is 5.55. The molecule has 1 atom stereocenters. The van der Waals surface area contributed by atoms with E-state index in [4.69, 9.17) is 9.47 Å². The lowest BCUT2D eigenvalue weighted by molar-refractivity contribution is -0.138. The normalized spacial score (nSPS) is 15.1. The van der Waals surface area contributed by atoms with Crippen molar-refractivity contribution in [2.45, 2.75) is 19.9 Å². The number of benzene rings is 3. The van der Waals surface area contributed by atoms with Crippen molar-refractivity contribution in [1.29, 1.82) is 0 Å². The van der Waals surface area contributed by atoms with Crippen LogP contribution in [0, 0.1) is 0 Å². The number of carbonyl (C=O) groups is 2. The van der Waals surface area contributed by atoms with E-state index in [1.807, 2.05) is 48.5 Å². The molecular formula is C30H24N2O5S. The molecule has 0 amide bonds. The zero-order valence-corrected chi connectivity index (χ0v) is 21.7. The maximum atomic E-state index is 13.9. The molecule has 1 aliphatic rings. The molecule has 0 saturated carbocycles. The average molecular weight is 525 g/mol. The van der Waals surface area contributed by atoms with Crippen molar-refractivity contribution in [2.75, 3.05) is 6.61 Å². The van der Waals surface area contributed by atoms with Gasteiger partial charge in [0.25, 0.3) is 5.56 Å². The van der Waals surface area contributed by atoms with Gasteiger partial charge in [-0.1, -0.05) is 78.6 Å². The van der Waals surface area contributed by atoms with Crippen LogP contribution >= 0.6 is 11.3 Å². The molecule has 0 fully saturated rings. The summed E-state index contributed by atoms with van der Waals surface area (Å²) in [4.78, 5) is 43.5. The fourth-order valence-electron chi connectivity index (χ4n) is 4.51. The Morgan fingerprint density at radius 1 is 1.08 bits per heavy atom. The Morgan fingerprint density at radius 2 is 1.82 bits per heavy atom. The number of fused-ring (bicyclic) bond motifs is 2. The van der Waals surface area contributed by atoms with Gasteiger partial charge >= 0.3 is 11.9 Å². The van der Waals surface area contributed by atoms with E-state index in [2.05, 4.69) is 11.6 Å². The largest absolute Gasteiger partial charge is 0.458 e. The summed E-state index contributed by atoms with van der Waals surface area (Å²) in [5, 5.41) is 2.10. The molecule has 0 N–H and O–H groups in total. The highest BCUT2D eigenvalue weighted by molar-refractivity contribution is 7.07. The lowest BCUT2D eigenvalue weighted by Gasteiger charge is -2.24. The molecule has 190 valence electrons. The van der Waals surface area contributed by atoms with Crippen LogP contribution in [-0.2, 0) is 14.3 Å². The quantitative estimate of drug-likeness (QED) is 0.216. The summed E-state index contributed by atoms with van der Waals surface area (Å²) in [6.45, 7) is 6.68. The molecule has 1 aliphatic heterocycles. The highest BCUT2D eigenvalue weighted by atomic mass is 32.1. The third-order valence-electron chi connectivity index (χ3n) is 6.14. The Bertz CT molecular complexity index is 1790. The van der Waals surface area contributed by atoms with Gasteiger partial charge in [0.1, 0.15) is 12.4 Å². The number of allylic oxidation sites excluding steroid dienone is 1. The van der Waals surface area contributed by atoms with E-state index in [9.17, 15) is 14.4 Å². The fraction of sp³-hybridized carbons (Fsp3) is 0.133. The Kier molecular flexibility index (Phi) is 6.89. The first-order valence-electron chi connectivity index (χ1n) is 11.9.